The van der Waals surface area contributed by atoms with Crippen LogP contribution in [0.4, 0.5) is 11.4 Å². The van der Waals surface area contributed by atoms with Gasteiger partial charge in [-0.3, -0.25) is 19.3 Å². The van der Waals surface area contributed by atoms with Gasteiger partial charge >= 0.3 is 0 Å². The van der Waals surface area contributed by atoms with E-state index in [1.54, 1.807) is 15.9 Å². The number of rotatable bonds is 5. The summed E-state index contributed by atoms with van der Waals surface area (Å²) in [6.45, 7) is 3.28. The highest BCUT2D eigenvalue weighted by molar-refractivity contribution is 6.09. The van der Waals surface area contributed by atoms with E-state index in [-0.39, 0.29) is 30.3 Å². The van der Waals surface area contributed by atoms with Gasteiger partial charge in [0.25, 0.3) is 5.91 Å². The Labute approximate surface area is 199 Å². The van der Waals surface area contributed by atoms with Crippen LogP contribution in [0.25, 0.3) is 0 Å². The molecular formula is C26H30N4O4. The topological polar surface area (TPSA) is 82.2 Å². The molecule has 0 aromatic heterocycles. The number of nitrogens with one attached hydrogen (secondary N) is 1. The number of carbonyl (C=O) groups excluding carboxylic acids is 3. The van der Waals surface area contributed by atoms with Crippen molar-refractivity contribution < 1.29 is 19.1 Å². The Hall–Kier alpha value is -3.39. The first-order valence-electron chi connectivity index (χ1n) is 12.0. The average molecular weight is 463 g/mol. The van der Waals surface area contributed by atoms with Crippen LogP contribution >= 0.6 is 0 Å². The summed E-state index contributed by atoms with van der Waals surface area (Å²) >= 11 is 0. The molecule has 178 valence electrons. The third-order valence-electron chi connectivity index (χ3n) is 6.81. The van der Waals surface area contributed by atoms with Crippen molar-refractivity contribution in [1.82, 2.24) is 10.2 Å². The van der Waals surface area contributed by atoms with Crippen LogP contribution in [-0.2, 0) is 20.9 Å². The molecule has 34 heavy (non-hydrogen) atoms. The Bertz CT molecular complexity index is 1070. The summed E-state index contributed by atoms with van der Waals surface area (Å²) in [5.41, 5.74) is 3.08. The van der Waals surface area contributed by atoms with E-state index in [0.29, 0.717) is 44.1 Å². The summed E-state index contributed by atoms with van der Waals surface area (Å²) in [4.78, 5) is 45.0. The summed E-state index contributed by atoms with van der Waals surface area (Å²) in [6, 6.07) is 15.0. The largest absolute Gasteiger partial charge is 0.378 e. The van der Waals surface area contributed by atoms with Crippen LogP contribution in [0.1, 0.15) is 35.2 Å². The molecule has 2 aromatic carbocycles. The maximum Gasteiger partial charge on any atom is 0.254 e. The van der Waals surface area contributed by atoms with Crippen LogP contribution in [-0.4, -0.2) is 68.1 Å². The van der Waals surface area contributed by atoms with Gasteiger partial charge in [0.05, 0.1) is 24.6 Å². The number of anilines is 2. The van der Waals surface area contributed by atoms with Crippen molar-refractivity contribution >= 4 is 29.1 Å². The normalized spacial score (nSPS) is 19.9. The fourth-order valence-corrected chi connectivity index (χ4v) is 5.00. The number of carbonyl (C=O) groups is 3. The van der Waals surface area contributed by atoms with Crippen LogP contribution in [0.15, 0.2) is 48.5 Å². The van der Waals surface area contributed by atoms with Crippen molar-refractivity contribution in [2.24, 2.45) is 0 Å². The second-order valence-corrected chi connectivity index (χ2v) is 9.00. The first-order chi connectivity index (χ1) is 16.6. The minimum absolute atomic E-state index is 0.0712. The van der Waals surface area contributed by atoms with E-state index < -0.39 is 0 Å². The van der Waals surface area contributed by atoms with E-state index in [1.165, 1.54) is 0 Å². The fraction of sp³-hybridized carbons (Fsp3) is 0.423. The number of piperidine rings is 1. The van der Waals surface area contributed by atoms with E-state index >= 15 is 0 Å². The Morgan fingerprint density at radius 1 is 0.971 bits per heavy atom. The molecule has 8 nitrogen and oxygen atoms in total. The molecule has 3 heterocycles. The van der Waals surface area contributed by atoms with Crippen molar-refractivity contribution in [2.45, 2.75) is 31.8 Å². The smallest absolute Gasteiger partial charge is 0.254 e. The van der Waals surface area contributed by atoms with Crippen LogP contribution in [0.5, 0.6) is 0 Å². The van der Waals surface area contributed by atoms with Crippen LogP contribution in [0.2, 0.25) is 0 Å². The number of ether oxygens (including phenoxy) is 1. The Morgan fingerprint density at radius 2 is 1.76 bits per heavy atom. The van der Waals surface area contributed by atoms with Crippen molar-refractivity contribution in [2.75, 3.05) is 49.2 Å². The van der Waals surface area contributed by atoms with Gasteiger partial charge < -0.3 is 19.9 Å². The van der Waals surface area contributed by atoms with E-state index in [4.69, 9.17) is 4.74 Å². The minimum atomic E-state index is -0.260. The van der Waals surface area contributed by atoms with Gasteiger partial charge in [-0.25, -0.2) is 0 Å². The van der Waals surface area contributed by atoms with Crippen LogP contribution < -0.4 is 15.1 Å². The number of hydrogen-bond donors (Lipinski definition) is 1. The predicted molar refractivity (Wildman–Crippen MR) is 129 cm³/mol. The minimum Gasteiger partial charge on any atom is -0.378 e. The van der Waals surface area contributed by atoms with Crippen molar-refractivity contribution in [3.63, 3.8) is 0 Å². The predicted octanol–water partition coefficient (Wildman–Crippen LogP) is 2.18. The lowest BCUT2D eigenvalue weighted by Crippen LogP contribution is -2.57. The quantitative estimate of drug-likeness (QED) is 0.737. The third kappa shape index (κ3) is 4.50. The molecule has 1 atom stereocenters. The summed E-state index contributed by atoms with van der Waals surface area (Å²) in [5, 5.41) is 2.92. The van der Waals surface area contributed by atoms with E-state index in [2.05, 4.69) is 10.2 Å². The van der Waals surface area contributed by atoms with Gasteiger partial charge in [-0.15, -0.1) is 0 Å². The molecule has 0 spiro atoms. The molecule has 8 heteroatoms. The molecular weight excluding hydrogens is 432 g/mol. The first-order valence-corrected chi connectivity index (χ1v) is 12.0. The number of benzene rings is 2. The summed E-state index contributed by atoms with van der Waals surface area (Å²) in [6.07, 6.45) is 2.79. The van der Waals surface area contributed by atoms with Crippen molar-refractivity contribution in [3.05, 3.63) is 59.7 Å². The van der Waals surface area contributed by atoms with Gasteiger partial charge in [-0.1, -0.05) is 30.3 Å². The monoisotopic (exact) mass is 462 g/mol. The van der Waals surface area contributed by atoms with Gasteiger partial charge in [-0.05, 0) is 43.0 Å². The molecule has 2 saturated heterocycles. The molecule has 3 aliphatic heterocycles. The Morgan fingerprint density at radius 3 is 2.56 bits per heavy atom. The summed E-state index contributed by atoms with van der Waals surface area (Å²) in [5.74, 6) is -0.372. The van der Waals surface area contributed by atoms with Crippen LogP contribution in [0, 0.1) is 0 Å². The fourth-order valence-electron chi connectivity index (χ4n) is 5.00. The molecule has 1 unspecified atom stereocenters. The molecule has 2 fully saturated rings. The molecule has 5 rings (SSSR count). The maximum atomic E-state index is 13.5. The van der Waals surface area contributed by atoms with E-state index in [0.717, 1.165) is 37.1 Å². The van der Waals surface area contributed by atoms with E-state index in [9.17, 15) is 14.4 Å². The lowest BCUT2D eigenvalue weighted by molar-refractivity contribution is -0.125. The molecule has 3 aliphatic rings. The molecule has 0 bridgehead atoms. The second-order valence-electron chi connectivity index (χ2n) is 9.00. The van der Waals surface area contributed by atoms with Crippen molar-refractivity contribution in [3.8, 4) is 0 Å². The van der Waals surface area contributed by atoms with Gasteiger partial charge in [0.1, 0.15) is 12.6 Å². The average Bonchev–Trinajstić information content (AvgIpc) is 2.90. The number of amides is 3. The zero-order valence-electron chi connectivity index (χ0n) is 19.2. The first kappa shape index (κ1) is 22.4. The van der Waals surface area contributed by atoms with Crippen LogP contribution in [0.3, 0.4) is 0 Å². The van der Waals surface area contributed by atoms with Gasteiger partial charge in [0.2, 0.25) is 11.8 Å². The molecule has 1 N–H and O–H groups in total. The second kappa shape index (κ2) is 9.85. The highest BCUT2D eigenvalue weighted by Crippen LogP contribution is 2.40. The third-order valence-corrected chi connectivity index (χ3v) is 6.81. The molecule has 3 amide bonds. The summed E-state index contributed by atoms with van der Waals surface area (Å²) in [7, 11) is 0. The maximum absolute atomic E-state index is 13.5. The Balaban J connectivity index is 1.40. The number of fused-ring (bicyclic) bond motifs is 3. The molecule has 0 saturated carbocycles. The number of nitrogens with zero attached hydrogens (tertiary/aromatic N) is 3. The van der Waals surface area contributed by atoms with E-state index in [1.807, 2.05) is 42.5 Å². The molecule has 0 aliphatic carbocycles. The number of hydrogen-bond acceptors (Lipinski definition) is 5. The molecule has 0 radical (unpaired) electrons. The zero-order chi connectivity index (χ0) is 23.5. The van der Waals surface area contributed by atoms with Gasteiger partial charge in [0.15, 0.2) is 0 Å². The number of morpholine rings is 1. The summed E-state index contributed by atoms with van der Waals surface area (Å²) < 4.78 is 5.37. The van der Waals surface area contributed by atoms with Gasteiger partial charge in [-0.2, -0.15) is 0 Å². The standard InChI is InChI=1S/C26H30N4O4/c31-24(27-17-19-6-2-1-3-7-19)18-30-23-16-20(25(32)28-12-14-34-15-13-28)9-10-21(23)29-11-5-4-8-22(29)26(30)33/h1-3,6-7,9-10,16,22H,4-5,8,11-15,17-18H2,(H,27,31). The lowest BCUT2D eigenvalue weighted by atomic mass is 9.95. The highest BCUT2D eigenvalue weighted by Gasteiger charge is 2.40. The SMILES string of the molecule is O=C(CN1C(=O)C2CCCCN2c2ccc(C(=O)N3CCOCC3)cc21)NCc1ccccc1. The molecule has 2 aromatic rings. The van der Waals surface area contributed by atoms with Crippen molar-refractivity contribution in [1.29, 1.82) is 0 Å². The highest BCUT2D eigenvalue weighted by atomic mass is 16.5. The van der Waals surface area contributed by atoms with Gasteiger partial charge in [0, 0.05) is 31.7 Å². The Kier molecular flexibility index (Phi) is 6.49. The lowest BCUT2D eigenvalue weighted by Gasteiger charge is -2.45. The zero-order valence-corrected chi connectivity index (χ0v) is 19.2.